The van der Waals surface area contributed by atoms with Crippen molar-refractivity contribution in [3.63, 3.8) is 0 Å². The molecule has 0 aliphatic carbocycles. The molecule has 4 aromatic rings. The van der Waals surface area contributed by atoms with Gasteiger partial charge in [-0.3, -0.25) is 9.59 Å². The molecule has 0 atom stereocenters. The van der Waals surface area contributed by atoms with Gasteiger partial charge in [0.25, 0.3) is 11.8 Å². The van der Waals surface area contributed by atoms with Crippen LogP contribution in [0.1, 0.15) is 20.0 Å². The number of carbonyl (C=O) groups excluding carboxylic acids is 2. The molecule has 0 unspecified atom stereocenters. The highest BCUT2D eigenvalue weighted by molar-refractivity contribution is 7.71. The van der Waals surface area contributed by atoms with E-state index in [1.165, 1.54) is 17.4 Å². The lowest BCUT2D eigenvalue weighted by molar-refractivity contribution is 0.102. The minimum absolute atomic E-state index is 0.121. The van der Waals surface area contributed by atoms with Gasteiger partial charge in [-0.1, -0.05) is 12.1 Å². The van der Waals surface area contributed by atoms with E-state index in [4.69, 9.17) is 12.2 Å². The molecule has 4 rings (SSSR count). The highest BCUT2D eigenvalue weighted by Crippen LogP contribution is 2.21. The van der Waals surface area contributed by atoms with Gasteiger partial charge in [-0.15, -0.1) is 11.3 Å². The number of carbonyl (C=O) groups is 2. The molecule has 0 fully saturated rings. The minimum Gasteiger partial charge on any atom is -0.331 e. The maximum atomic E-state index is 13.9. The van der Waals surface area contributed by atoms with E-state index in [1.807, 2.05) is 5.38 Å². The van der Waals surface area contributed by atoms with Gasteiger partial charge in [0.15, 0.2) is 4.77 Å². The largest absolute Gasteiger partial charge is 0.331 e. The summed E-state index contributed by atoms with van der Waals surface area (Å²) in [4.78, 5) is 31.1. The second kappa shape index (κ2) is 7.37. The second-order valence-electron chi connectivity index (χ2n) is 5.92. The number of hydrogen-bond donors (Lipinski definition) is 4. The van der Waals surface area contributed by atoms with Gasteiger partial charge in [-0.2, -0.15) is 0 Å². The van der Waals surface area contributed by atoms with Gasteiger partial charge < -0.3 is 20.6 Å². The zero-order chi connectivity index (χ0) is 19.7. The molecule has 6 nitrogen and oxygen atoms in total. The highest BCUT2D eigenvalue weighted by Gasteiger charge is 2.15. The van der Waals surface area contributed by atoms with E-state index in [-0.39, 0.29) is 11.5 Å². The number of aromatic nitrogens is 2. The average molecular weight is 412 g/mol. The maximum absolute atomic E-state index is 13.9. The third kappa shape index (κ3) is 3.71. The summed E-state index contributed by atoms with van der Waals surface area (Å²) in [5, 5.41) is 7.31. The van der Waals surface area contributed by atoms with Crippen LogP contribution >= 0.6 is 23.6 Å². The van der Waals surface area contributed by atoms with Crippen molar-refractivity contribution in [2.24, 2.45) is 0 Å². The van der Waals surface area contributed by atoms with Crippen molar-refractivity contribution in [2.75, 3.05) is 10.6 Å². The van der Waals surface area contributed by atoms with Crippen molar-refractivity contribution in [2.45, 2.75) is 0 Å². The van der Waals surface area contributed by atoms with Gasteiger partial charge >= 0.3 is 0 Å². The van der Waals surface area contributed by atoms with Crippen LogP contribution in [0.25, 0.3) is 11.0 Å². The number of H-pyrrole nitrogens is 2. The van der Waals surface area contributed by atoms with E-state index in [9.17, 15) is 14.0 Å². The van der Waals surface area contributed by atoms with Gasteiger partial charge in [0.05, 0.1) is 21.5 Å². The molecule has 0 bridgehead atoms. The first kappa shape index (κ1) is 18.1. The van der Waals surface area contributed by atoms with Crippen molar-refractivity contribution in [1.82, 2.24) is 9.97 Å². The van der Waals surface area contributed by atoms with Crippen LogP contribution in [0.2, 0.25) is 0 Å². The van der Waals surface area contributed by atoms with E-state index in [0.717, 1.165) is 6.07 Å². The Kier molecular flexibility index (Phi) is 4.76. The Labute approximate surface area is 167 Å². The van der Waals surface area contributed by atoms with Gasteiger partial charge in [-0.25, -0.2) is 4.39 Å². The number of imidazole rings is 1. The number of thiophene rings is 1. The topological polar surface area (TPSA) is 89.8 Å². The lowest BCUT2D eigenvalue weighted by Gasteiger charge is -2.09. The van der Waals surface area contributed by atoms with Crippen molar-refractivity contribution in [1.29, 1.82) is 0 Å². The number of hydrogen-bond acceptors (Lipinski definition) is 4. The first-order valence-electron chi connectivity index (χ1n) is 8.17. The van der Waals surface area contributed by atoms with Crippen LogP contribution < -0.4 is 10.6 Å². The molecule has 0 spiro atoms. The molecule has 0 aliphatic rings. The molecule has 0 saturated carbocycles. The number of benzene rings is 2. The molecule has 4 N–H and O–H groups in total. The van der Waals surface area contributed by atoms with Crippen molar-refractivity contribution >= 4 is 57.8 Å². The monoisotopic (exact) mass is 412 g/mol. The number of nitrogens with one attached hydrogen (secondary N) is 4. The SMILES string of the molecule is O=C(Nc1cccc(NC(=O)c2cc(F)cc3[nH]c(=S)[nH]c23)c1)c1cccs1. The zero-order valence-electron chi connectivity index (χ0n) is 14.2. The molecular weight excluding hydrogens is 399 g/mol. The number of anilines is 2. The van der Waals surface area contributed by atoms with Crippen molar-refractivity contribution < 1.29 is 14.0 Å². The summed E-state index contributed by atoms with van der Waals surface area (Å²) in [5.41, 5.74) is 1.94. The number of halogens is 1. The fraction of sp³-hybridized carbons (Fsp3) is 0. The van der Waals surface area contributed by atoms with Crippen LogP contribution in [0.15, 0.2) is 53.9 Å². The molecule has 2 aromatic carbocycles. The van der Waals surface area contributed by atoms with Gasteiger partial charge in [-0.05, 0) is 54.0 Å². The van der Waals surface area contributed by atoms with Crippen LogP contribution in [-0.4, -0.2) is 21.8 Å². The Morgan fingerprint density at radius 1 is 0.964 bits per heavy atom. The normalized spacial score (nSPS) is 10.8. The predicted octanol–water partition coefficient (Wildman–Crippen LogP) is 4.93. The summed E-state index contributed by atoms with van der Waals surface area (Å²) in [7, 11) is 0. The molecule has 9 heteroatoms. The Bertz CT molecular complexity index is 1240. The lowest BCUT2D eigenvalue weighted by Crippen LogP contribution is -2.14. The molecule has 28 heavy (non-hydrogen) atoms. The molecule has 2 aromatic heterocycles. The summed E-state index contributed by atoms with van der Waals surface area (Å²) in [6.45, 7) is 0. The highest BCUT2D eigenvalue weighted by atomic mass is 32.1. The molecule has 2 heterocycles. The number of fused-ring (bicyclic) bond motifs is 1. The number of aromatic amines is 2. The molecule has 2 amide bonds. The van der Waals surface area contributed by atoms with Crippen LogP contribution in [0, 0.1) is 10.6 Å². The summed E-state index contributed by atoms with van der Waals surface area (Å²) in [6, 6.07) is 12.6. The predicted molar refractivity (Wildman–Crippen MR) is 110 cm³/mol. The standard InChI is InChI=1S/C19H13FN4O2S2/c20-10-7-13(16-14(8-10)23-19(27)24-16)17(25)21-11-3-1-4-12(9-11)22-18(26)15-5-2-6-28-15/h1-9H,(H,21,25)(H,22,26)(H2,23,24,27). The number of amides is 2. The Balaban J connectivity index is 1.57. The van der Waals surface area contributed by atoms with E-state index < -0.39 is 11.7 Å². The molecule has 140 valence electrons. The third-order valence-electron chi connectivity index (χ3n) is 3.96. The summed E-state index contributed by atoms with van der Waals surface area (Å²) >= 11 is 6.35. The van der Waals surface area contributed by atoms with Gasteiger partial charge in [0, 0.05) is 11.4 Å². The first-order chi connectivity index (χ1) is 13.5. The fourth-order valence-electron chi connectivity index (χ4n) is 2.76. The number of rotatable bonds is 4. The van der Waals surface area contributed by atoms with Crippen LogP contribution in [0.5, 0.6) is 0 Å². The third-order valence-corrected chi connectivity index (χ3v) is 5.03. The summed E-state index contributed by atoms with van der Waals surface area (Å²) in [6.07, 6.45) is 0. The Hall–Kier alpha value is -3.30. The molecule has 0 radical (unpaired) electrons. The summed E-state index contributed by atoms with van der Waals surface area (Å²) in [5.74, 6) is -1.29. The smallest absolute Gasteiger partial charge is 0.265 e. The molecule has 0 aliphatic heterocycles. The zero-order valence-corrected chi connectivity index (χ0v) is 15.8. The minimum atomic E-state index is -0.556. The van der Waals surface area contributed by atoms with Crippen molar-refractivity contribution in [3.05, 3.63) is 74.9 Å². The molecule has 0 saturated heterocycles. The fourth-order valence-corrected chi connectivity index (χ4v) is 3.59. The van der Waals surface area contributed by atoms with Crippen molar-refractivity contribution in [3.8, 4) is 0 Å². The van der Waals surface area contributed by atoms with E-state index in [1.54, 1.807) is 36.4 Å². The maximum Gasteiger partial charge on any atom is 0.265 e. The van der Waals surface area contributed by atoms with Gasteiger partial charge in [0.1, 0.15) is 5.82 Å². The van der Waals surface area contributed by atoms with Crippen LogP contribution in [0.3, 0.4) is 0 Å². The van der Waals surface area contributed by atoms with Crippen LogP contribution in [0.4, 0.5) is 15.8 Å². The lowest BCUT2D eigenvalue weighted by atomic mass is 10.1. The second-order valence-corrected chi connectivity index (χ2v) is 7.28. The van der Waals surface area contributed by atoms with E-state index in [2.05, 4.69) is 20.6 Å². The quantitative estimate of drug-likeness (QED) is 0.358. The Morgan fingerprint density at radius 3 is 2.43 bits per heavy atom. The average Bonchev–Trinajstić information content (AvgIpc) is 3.30. The van der Waals surface area contributed by atoms with Crippen LogP contribution in [-0.2, 0) is 0 Å². The molecular formula is C19H13FN4O2S2. The van der Waals surface area contributed by atoms with E-state index in [0.29, 0.717) is 32.1 Å². The first-order valence-corrected chi connectivity index (χ1v) is 9.46. The summed E-state index contributed by atoms with van der Waals surface area (Å²) < 4.78 is 14.2. The Morgan fingerprint density at radius 2 is 1.71 bits per heavy atom. The van der Waals surface area contributed by atoms with Gasteiger partial charge in [0.2, 0.25) is 0 Å². The van der Waals surface area contributed by atoms with E-state index >= 15 is 0 Å².